The van der Waals surface area contributed by atoms with E-state index in [1.54, 1.807) is 25.1 Å². The van der Waals surface area contributed by atoms with Crippen molar-refractivity contribution in [2.24, 2.45) is 0 Å². The number of hydrogen-bond donors (Lipinski definition) is 3. The molecule has 33 heavy (non-hydrogen) atoms. The number of aromatic nitrogens is 3. The normalized spacial score (nSPS) is 10.6. The average molecular weight is 666 g/mol. The molecular formula is C19H14Br3ClN6O4. The molecule has 2 amide bonds. The number of hydrazine groups is 1. The Morgan fingerprint density at radius 1 is 1.18 bits per heavy atom. The van der Waals surface area contributed by atoms with Crippen LogP contribution in [0, 0.1) is 0 Å². The number of carbonyl (C=O) groups is 3. The fraction of sp³-hybridized carbons (Fsp3) is 0.105. The Hall–Kier alpha value is -2.32. The molecule has 0 spiro atoms. The highest BCUT2D eigenvalue weighted by Crippen LogP contribution is 2.32. The largest absolute Gasteiger partial charge is 0.429 e. The highest BCUT2D eigenvalue weighted by atomic mass is 79.9. The van der Waals surface area contributed by atoms with E-state index in [1.807, 2.05) is 0 Å². The third-order valence-electron chi connectivity index (χ3n) is 3.92. The second-order valence-electron chi connectivity index (χ2n) is 6.17. The van der Waals surface area contributed by atoms with E-state index < -0.39 is 18.0 Å². The molecule has 0 aliphatic carbocycles. The van der Waals surface area contributed by atoms with E-state index in [2.05, 4.69) is 74.0 Å². The summed E-state index contributed by atoms with van der Waals surface area (Å²) >= 11 is 16.1. The van der Waals surface area contributed by atoms with Gasteiger partial charge in [0.25, 0.3) is 5.91 Å². The summed E-state index contributed by atoms with van der Waals surface area (Å²) in [6.07, 6.45) is 0.512. The Kier molecular flexibility index (Phi) is 8.59. The van der Waals surface area contributed by atoms with Gasteiger partial charge in [0.15, 0.2) is 5.82 Å². The molecule has 2 aromatic heterocycles. The number of nitrogens with one attached hydrogen (secondary N) is 3. The maximum atomic E-state index is 13.2. The molecule has 3 N–H and O–H groups in total. The lowest BCUT2D eigenvalue weighted by atomic mass is 10.1. The number of amides is 2. The first-order valence-electron chi connectivity index (χ1n) is 9.13. The second kappa shape index (κ2) is 11.2. The van der Waals surface area contributed by atoms with Gasteiger partial charge in [0, 0.05) is 27.8 Å². The van der Waals surface area contributed by atoms with E-state index in [4.69, 9.17) is 16.3 Å². The summed E-state index contributed by atoms with van der Waals surface area (Å²) in [4.78, 5) is 41.8. The SMILES string of the molecule is CCNNC(=O)OC(=O)c1cc(Br)cc(Br)c1NC(=O)c1cc(Br)nn1-c1ncccc1Cl. The van der Waals surface area contributed by atoms with Gasteiger partial charge in [-0.1, -0.05) is 34.5 Å². The zero-order valence-corrected chi connectivity index (χ0v) is 22.2. The molecule has 14 heteroatoms. The van der Waals surface area contributed by atoms with Crippen LogP contribution in [-0.4, -0.2) is 39.3 Å². The van der Waals surface area contributed by atoms with Crippen molar-refractivity contribution in [2.75, 3.05) is 11.9 Å². The molecular weight excluding hydrogens is 651 g/mol. The number of halogens is 4. The van der Waals surface area contributed by atoms with Gasteiger partial charge in [0.05, 0.1) is 16.3 Å². The van der Waals surface area contributed by atoms with Crippen molar-refractivity contribution in [1.82, 2.24) is 25.6 Å². The van der Waals surface area contributed by atoms with Crippen LogP contribution >= 0.6 is 59.4 Å². The Labute approximate surface area is 217 Å². The first kappa shape index (κ1) is 25.3. The molecule has 0 atom stereocenters. The summed E-state index contributed by atoms with van der Waals surface area (Å²) in [5.41, 5.74) is 4.83. The van der Waals surface area contributed by atoms with Crippen LogP contribution in [0.2, 0.25) is 5.02 Å². The maximum Gasteiger partial charge on any atom is 0.429 e. The summed E-state index contributed by atoms with van der Waals surface area (Å²) < 4.78 is 7.30. The van der Waals surface area contributed by atoms with E-state index in [9.17, 15) is 14.4 Å². The predicted octanol–water partition coefficient (Wildman–Crippen LogP) is 4.85. The van der Waals surface area contributed by atoms with Gasteiger partial charge in [-0.3, -0.25) is 10.2 Å². The van der Waals surface area contributed by atoms with Crippen LogP contribution in [0.4, 0.5) is 10.5 Å². The smallest absolute Gasteiger partial charge is 0.372 e. The minimum absolute atomic E-state index is 0.0720. The monoisotopic (exact) mass is 662 g/mol. The molecule has 3 aromatic rings. The summed E-state index contributed by atoms with van der Waals surface area (Å²) in [6.45, 7) is 2.18. The number of carbonyl (C=O) groups excluding carboxylic acids is 3. The molecule has 0 saturated heterocycles. The Bertz CT molecular complexity index is 1240. The fourth-order valence-corrected chi connectivity index (χ4v) is 4.47. The maximum absolute atomic E-state index is 13.2. The average Bonchev–Trinajstić information content (AvgIpc) is 3.15. The van der Waals surface area contributed by atoms with Crippen molar-refractivity contribution >= 4 is 83.0 Å². The molecule has 1 aromatic carbocycles. The summed E-state index contributed by atoms with van der Waals surface area (Å²) in [7, 11) is 0. The molecule has 0 radical (unpaired) electrons. The van der Waals surface area contributed by atoms with Crippen LogP contribution in [0.3, 0.4) is 0 Å². The van der Waals surface area contributed by atoms with E-state index in [1.165, 1.54) is 23.0 Å². The van der Waals surface area contributed by atoms with Gasteiger partial charge in [0.2, 0.25) is 0 Å². The van der Waals surface area contributed by atoms with Crippen molar-refractivity contribution in [3.8, 4) is 5.82 Å². The van der Waals surface area contributed by atoms with Gasteiger partial charge < -0.3 is 10.1 Å². The van der Waals surface area contributed by atoms with Gasteiger partial charge in [-0.25, -0.2) is 24.7 Å². The zero-order valence-electron chi connectivity index (χ0n) is 16.7. The standard InChI is InChI=1S/C19H14Br3ClN6O4/c1-2-25-27-19(32)33-18(31)10-6-9(20)7-11(21)15(10)26-17(30)13-8-14(22)28-29(13)16-12(23)4-3-5-24-16/h3-8,25H,2H2,1H3,(H,26,30)(H,27,32). The molecule has 172 valence electrons. The van der Waals surface area contributed by atoms with E-state index >= 15 is 0 Å². The highest BCUT2D eigenvalue weighted by molar-refractivity contribution is 9.11. The molecule has 3 rings (SSSR count). The number of anilines is 1. The molecule has 0 aliphatic heterocycles. The van der Waals surface area contributed by atoms with E-state index in [-0.39, 0.29) is 27.8 Å². The molecule has 0 saturated carbocycles. The topological polar surface area (TPSA) is 127 Å². The Balaban J connectivity index is 1.95. The van der Waals surface area contributed by atoms with Crippen molar-refractivity contribution in [3.63, 3.8) is 0 Å². The first-order valence-corrected chi connectivity index (χ1v) is 11.9. The van der Waals surface area contributed by atoms with Crippen LogP contribution in [0.15, 0.2) is 50.1 Å². The molecule has 2 heterocycles. The number of rotatable bonds is 6. The van der Waals surface area contributed by atoms with Crippen molar-refractivity contribution in [2.45, 2.75) is 6.92 Å². The van der Waals surface area contributed by atoms with Crippen LogP contribution in [-0.2, 0) is 4.74 Å². The molecule has 10 nitrogen and oxygen atoms in total. The summed E-state index contributed by atoms with van der Waals surface area (Å²) in [5.74, 6) is -1.36. The van der Waals surface area contributed by atoms with E-state index in [0.29, 0.717) is 20.1 Å². The van der Waals surface area contributed by atoms with E-state index in [0.717, 1.165) is 0 Å². The lowest BCUT2D eigenvalue weighted by Gasteiger charge is -2.14. The Morgan fingerprint density at radius 2 is 1.94 bits per heavy atom. The Morgan fingerprint density at radius 3 is 2.64 bits per heavy atom. The summed E-state index contributed by atoms with van der Waals surface area (Å²) in [5, 5.41) is 7.16. The lowest BCUT2D eigenvalue weighted by Crippen LogP contribution is -2.38. The van der Waals surface area contributed by atoms with Crippen molar-refractivity contribution < 1.29 is 19.1 Å². The summed E-state index contributed by atoms with van der Waals surface area (Å²) in [6, 6.07) is 7.75. The predicted molar refractivity (Wildman–Crippen MR) is 131 cm³/mol. The van der Waals surface area contributed by atoms with Crippen LogP contribution < -0.4 is 16.2 Å². The first-order chi connectivity index (χ1) is 15.7. The van der Waals surface area contributed by atoms with Crippen molar-refractivity contribution in [3.05, 3.63) is 66.4 Å². The van der Waals surface area contributed by atoms with Gasteiger partial charge in [-0.15, -0.1) is 0 Å². The third-order valence-corrected chi connectivity index (χ3v) is 5.68. The zero-order chi connectivity index (χ0) is 24.1. The molecule has 0 fully saturated rings. The number of ether oxygens (including phenoxy) is 1. The number of nitrogens with zero attached hydrogens (tertiary/aromatic N) is 3. The minimum Gasteiger partial charge on any atom is -0.372 e. The van der Waals surface area contributed by atoms with Crippen molar-refractivity contribution in [1.29, 1.82) is 0 Å². The highest BCUT2D eigenvalue weighted by Gasteiger charge is 2.24. The van der Waals surface area contributed by atoms with Gasteiger partial charge >= 0.3 is 12.1 Å². The molecule has 0 bridgehead atoms. The van der Waals surface area contributed by atoms with Gasteiger partial charge in [-0.2, -0.15) is 5.10 Å². The van der Waals surface area contributed by atoms with Gasteiger partial charge in [-0.05, 0) is 56.1 Å². The fourth-order valence-electron chi connectivity index (χ4n) is 2.57. The number of benzene rings is 1. The van der Waals surface area contributed by atoms with Crippen LogP contribution in [0.25, 0.3) is 5.82 Å². The minimum atomic E-state index is -0.998. The number of pyridine rings is 1. The van der Waals surface area contributed by atoms with Gasteiger partial charge in [0.1, 0.15) is 10.3 Å². The lowest BCUT2D eigenvalue weighted by molar-refractivity contribution is 0.0617. The number of esters is 1. The quantitative estimate of drug-likeness (QED) is 0.195. The van der Waals surface area contributed by atoms with Crippen LogP contribution in [0.5, 0.6) is 0 Å². The third kappa shape index (κ3) is 6.18. The number of hydrogen-bond acceptors (Lipinski definition) is 7. The molecule has 0 unspecified atom stereocenters. The van der Waals surface area contributed by atoms with Crippen LogP contribution in [0.1, 0.15) is 27.8 Å². The molecule has 0 aliphatic rings. The second-order valence-corrected chi connectivity index (χ2v) is 9.16.